The van der Waals surface area contributed by atoms with Crippen LogP contribution in [0.5, 0.6) is 17.2 Å². The molecule has 0 fully saturated rings. The van der Waals surface area contributed by atoms with Crippen LogP contribution in [0.25, 0.3) is 0 Å². The highest BCUT2D eigenvalue weighted by Crippen LogP contribution is 2.36. The maximum Gasteiger partial charge on any atom is 0.277 e. The van der Waals surface area contributed by atoms with Gasteiger partial charge in [-0.3, -0.25) is 4.79 Å². The van der Waals surface area contributed by atoms with E-state index in [0.29, 0.717) is 29.8 Å². The first-order valence-corrected chi connectivity index (χ1v) is 9.78. The van der Waals surface area contributed by atoms with E-state index in [1.54, 1.807) is 13.2 Å². The summed E-state index contributed by atoms with van der Waals surface area (Å²) < 4.78 is 17.1. The molecule has 150 valence electrons. The summed E-state index contributed by atoms with van der Waals surface area (Å²) in [5, 5.41) is 3.96. The first-order chi connectivity index (χ1) is 13.4. The molecular weight excluding hydrogens is 424 g/mol. The predicted octanol–water partition coefficient (Wildman–Crippen LogP) is 4.51. The van der Waals surface area contributed by atoms with Crippen molar-refractivity contribution < 1.29 is 19.0 Å². The Kier molecular flexibility index (Phi) is 8.32. The number of nitrogens with one attached hydrogen (secondary N) is 1. The van der Waals surface area contributed by atoms with Gasteiger partial charge in [0.2, 0.25) is 0 Å². The van der Waals surface area contributed by atoms with Gasteiger partial charge in [0, 0.05) is 0 Å². The number of benzene rings is 2. The molecule has 0 atom stereocenters. The summed E-state index contributed by atoms with van der Waals surface area (Å²) in [6.07, 6.45) is 1.53. The number of hydrogen-bond acceptors (Lipinski definition) is 5. The molecule has 0 aliphatic heterocycles. The van der Waals surface area contributed by atoms with Crippen LogP contribution in [0, 0.1) is 0 Å². The molecule has 0 saturated carbocycles. The Morgan fingerprint density at radius 3 is 2.54 bits per heavy atom. The zero-order valence-corrected chi connectivity index (χ0v) is 18.1. The van der Waals surface area contributed by atoms with Crippen molar-refractivity contribution in [2.75, 3.05) is 20.3 Å². The SMILES string of the molecule is CCOc1c(Br)cc(/C=N/NC(=O)COc2ccc(C(C)C)cc2)cc1OC. The molecule has 0 aliphatic carbocycles. The molecule has 0 spiro atoms. The van der Waals surface area contributed by atoms with Gasteiger partial charge in [0.15, 0.2) is 18.1 Å². The second kappa shape index (κ2) is 10.7. The van der Waals surface area contributed by atoms with Crippen LogP contribution in [0.3, 0.4) is 0 Å². The zero-order valence-electron chi connectivity index (χ0n) is 16.5. The number of hydrazone groups is 1. The maximum absolute atomic E-state index is 11.9. The Morgan fingerprint density at radius 2 is 1.93 bits per heavy atom. The topological polar surface area (TPSA) is 69.2 Å². The van der Waals surface area contributed by atoms with Crippen molar-refractivity contribution in [3.8, 4) is 17.2 Å². The third-order valence-corrected chi connectivity index (χ3v) is 4.45. The molecule has 0 heterocycles. The van der Waals surface area contributed by atoms with Crippen LogP contribution < -0.4 is 19.6 Å². The summed E-state index contributed by atoms with van der Waals surface area (Å²) in [6.45, 7) is 6.56. The van der Waals surface area contributed by atoms with Crippen molar-refractivity contribution in [1.29, 1.82) is 0 Å². The van der Waals surface area contributed by atoms with Gasteiger partial charge >= 0.3 is 0 Å². The molecule has 0 aromatic heterocycles. The van der Waals surface area contributed by atoms with Crippen molar-refractivity contribution in [1.82, 2.24) is 5.43 Å². The van der Waals surface area contributed by atoms with Gasteiger partial charge in [-0.1, -0.05) is 26.0 Å². The first kappa shape index (κ1) is 21.8. The number of halogens is 1. The quantitative estimate of drug-likeness (QED) is 0.452. The lowest BCUT2D eigenvalue weighted by Gasteiger charge is -2.12. The highest BCUT2D eigenvalue weighted by atomic mass is 79.9. The summed E-state index contributed by atoms with van der Waals surface area (Å²) in [5.41, 5.74) is 4.41. The van der Waals surface area contributed by atoms with Gasteiger partial charge in [0.25, 0.3) is 5.91 Å². The van der Waals surface area contributed by atoms with Crippen molar-refractivity contribution in [3.05, 3.63) is 52.0 Å². The van der Waals surface area contributed by atoms with E-state index in [1.165, 1.54) is 11.8 Å². The zero-order chi connectivity index (χ0) is 20.5. The molecule has 1 amide bonds. The molecule has 0 radical (unpaired) electrons. The summed E-state index contributed by atoms with van der Waals surface area (Å²) in [7, 11) is 1.57. The largest absolute Gasteiger partial charge is 0.493 e. The summed E-state index contributed by atoms with van der Waals surface area (Å²) in [5.74, 6) is 1.96. The average Bonchev–Trinajstić information content (AvgIpc) is 2.68. The number of hydrogen-bond donors (Lipinski definition) is 1. The fourth-order valence-corrected chi connectivity index (χ4v) is 2.98. The van der Waals surface area contributed by atoms with E-state index in [9.17, 15) is 4.79 Å². The van der Waals surface area contributed by atoms with Crippen molar-refractivity contribution in [2.45, 2.75) is 26.7 Å². The van der Waals surface area contributed by atoms with Crippen LogP contribution in [-0.2, 0) is 4.79 Å². The van der Waals surface area contributed by atoms with E-state index in [2.05, 4.69) is 40.3 Å². The van der Waals surface area contributed by atoms with Crippen LogP contribution >= 0.6 is 15.9 Å². The van der Waals surface area contributed by atoms with Gasteiger partial charge in [-0.05, 0) is 64.2 Å². The molecule has 6 nitrogen and oxygen atoms in total. The smallest absolute Gasteiger partial charge is 0.277 e. The van der Waals surface area contributed by atoms with Crippen LogP contribution in [0.4, 0.5) is 0 Å². The van der Waals surface area contributed by atoms with Crippen molar-refractivity contribution in [2.24, 2.45) is 5.10 Å². The molecule has 0 unspecified atom stereocenters. The first-order valence-electron chi connectivity index (χ1n) is 8.99. The van der Waals surface area contributed by atoms with Crippen LogP contribution in [0.15, 0.2) is 46.0 Å². The van der Waals surface area contributed by atoms with Gasteiger partial charge in [0.05, 0.1) is 24.4 Å². The Hall–Kier alpha value is -2.54. The molecule has 0 saturated heterocycles. The van der Waals surface area contributed by atoms with Gasteiger partial charge in [-0.25, -0.2) is 5.43 Å². The van der Waals surface area contributed by atoms with E-state index < -0.39 is 0 Å². The Labute approximate surface area is 174 Å². The van der Waals surface area contributed by atoms with Gasteiger partial charge < -0.3 is 14.2 Å². The highest BCUT2D eigenvalue weighted by Gasteiger charge is 2.10. The third-order valence-electron chi connectivity index (χ3n) is 3.86. The van der Waals surface area contributed by atoms with E-state index in [1.807, 2.05) is 37.3 Å². The Balaban J connectivity index is 1.89. The van der Waals surface area contributed by atoms with Crippen LogP contribution in [-0.4, -0.2) is 32.4 Å². The van der Waals surface area contributed by atoms with Crippen LogP contribution in [0.1, 0.15) is 37.8 Å². The fraction of sp³-hybridized carbons (Fsp3) is 0.333. The monoisotopic (exact) mass is 448 g/mol. The number of rotatable bonds is 9. The van der Waals surface area contributed by atoms with Gasteiger partial charge in [0.1, 0.15) is 5.75 Å². The fourth-order valence-electron chi connectivity index (χ4n) is 2.41. The molecule has 1 N–H and O–H groups in total. The molecule has 2 aromatic rings. The molecule has 7 heteroatoms. The number of amides is 1. The molecule has 2 aromatic carbocycles. The van der Waals surface area contributed by atoms with Crippen LogP contribution in [0.2, 0.25) is 0 Å². The lowest BCUT2D eigenvalue weighted by molar-refractivity contribution is -0.123. The average molecular weight is 449 g/mol. The van der Waals surface area contributed by atoms with E-state index >= 15 is 0 Å². The molecule has 28 heavy (non-hydrogen) atoms. The van der Waals surface area contributed by atoms with Gasteiger partial charge in [-0.2, -0.15) is 5.10 Å². The summed E-state index contributed by atoms with van der Waals surface area (Å²) >= 11 is 3.45. The standard InChI is InChI=1S/C21H25BrN2O4/c1-5-27-21-18(22)10-15(11-19(21)26-4)12-23-24-20(25)13-28-17-8-6-16(7-9-17)14(2)3/h6-12,14H,5,13H2,1-4H3,(H,24,25)/b23-12+. The highest BCUT2D eigenvalue weighted by molar-refractivity contribution is 9.10. The van der Waals surface area contributed by atoms with E-state index in [0.717, 1.165) is 10.0 Å². The minimum absolute atomic E-state index is 0.116. The summed E-state index contributed by atoms with van der Waals surface area (Å²) in [6, 6.07) is 11.3. The summed E-state index contributed by atoms with van der Waals surface area (Å²) in [4.78, 5) is 11.9. The minimum atomic E-state index is -0.346. The number of carbonyl (C=O) groups is 1. The molecule has 2 rings (SSSR count). The normalized spacial score (nSPS) is 10.9. The lowest BCUT2D eigenvalue weighted by atomic mass is 10.0. The second-order valence-electron chi connectivity index (χ2n) is 6.27. The van der Waals surface area contributed by atoms with Gasteiger partial charge in [-0.15, -0.1) is 0 Å². The molecule has 0 bridgehead atoms. The number of methoxy groups -OCH3 is 1. The van der Waals surface area contributed by atoms with E-state index in [4.69, 9.17) is 14.2 Å². The van der Waals surface area contributed by atoms with Crippen molar-refractivity contribution in [3.63, 3.8) is 0 Å². The molecular formula is C21H25BrN2O4. The predicted molar refractivity (Wildman–Crippen MR) is 114 cm³/mol. The lowest BCUT2D eigenvalue weighted by Crippen LogP contribution is -2.24. The number of nitrogens with zero attached hydrogens (tertiary/aromatic N) is 1. The van der Waals surface area contributed by atoms with E-state index in [-0.39, 0.29) is 12.5 Å². The third kappa shape index (κ3) is 6.27. The Morgan fingerprint density at radius 1 is 1.21 bits per heavy atom. The Bertz CT molecular complexity index is 820. The van der Waals surface area contributed by atoms with Crippen molar-refractivity contribution >= 4 is 28.1 Å². The maximum atomic E-state index is 11.9. The number of ether oxygens (including phenoxy) is 3. The number of carbonyl (C=O) groups excluding carboxylic acids is 1. The minimum Gasteiger partial charge on any atom is -0.493 e. The molecule has 0 aliphatic rings. The second-order valence-corrected chi connectivity index (χ2v) is 7.13.